The van der Waals surface area contributed by atoms with Crippen molar-refractivity contribution in [3.8, 4) is 16.3 Å². The molecule has 0 spiro atoms. The molecular weight excluding hydrogens is 388 g/mol. The Morgan fingerprint density at radius 3 is 2.79 bits per heavy atom. The fourth-order valence-corrected chi connectivity index (χ4v) is 3.90. The molecule has 0 unspecified atom stereocenters. The van der Waals surface area contributed by atoms with Gasteiger partial charge in [-0.3, -0.25) is 4.79 Å². The lowest BCUT2D eigenvalue weighted by Gasteiger charge is -2.27. The molecule has 1 saturated heterocycles. The average Bonchev–Trinajstić information content (AvgIpc) is 3.25. The van der Waals surface area contributed by atoms with Crippen LogP contribution in [0.4, 0.5) is 11.5 Å². The van der Waals surface area contributed by atoms with E-state index in [1.807, 2.05) is 37.3 Å². The molecule has 0 radical (unpaired) electrons. The molecule has 7 nitrogen and oxygen atoms in total. The van der Waals surface area contributed by atoms with Gasteiger partial charge in [-0.15, -0.1) is 11.3 Å². The normalized spacial score (nSPS) is 13.9. The topological polar surface area (TPSA) is 76.6 Å². The zero-order valence-corrected chi connectivity index (χ0v) is 17.2. The van der Waals surface area contributed by atoms with Crippen LogP contribution in [0.3, 0.4) is 0 Å². The second-order valence-electron chi connectivity index (χ2n) is 6.70. The minimum atomic E-state index is -0.269. The van der Waals surface area contributed by atoms with Crippen molar-refractivity contribution in [3.63, 3.8) is 0 Å². The van der Waals surface area contributed by atoms with Crippen molar-refractivity contribution < 1.29 is 14.3 Å². The third-order valence-corrected chi connectivity index (χ3v) is 5.56. The molecule has 3 heterocycles. The van der Waals surface area contributed by atoms with Gasteiger partial charge in [0.15, 0.2) is 0 Å². The number of carbonyl (C=O) groups is 1. The predicted octanol–water partition coefficient (Wildman–Crippen LogP) is 3.61. The van der Waals surface area contributed by atoms with Gasteiger partial charge in [0.25, 0.3) is 5.91 Å². The number of anilines is 2. The molecule has 1 aliphatic rings. The third-order valence-electron chi connectivity index (χ3n) is 4.67. The van der Waals surface area contributed by atoms with Crippen molar-refractivity contribution in [1.82, 2.24) is 9.97 Å². The van der Waals surface area contributed by atoms with Crippen LogP contribution >= 0.6 is 11.3 Å². The average molecular weight is 410 g/mol. The van der Waals surface area contributed by atoms with Gasteiger partial charge in [0.1, 0.15) is 22.3 Å². The molecular formula is C21H22N4O3S. The maximum atomic E-state index is 12.6. The number of rotatable bonds is 5. The van der Waals surface area contributed by atoms with Gasteiger partial charge >= 0.3 is 0 Å². The molecule has 1 aliphatic heterocycles. The molecule has 150 valence electrons. The number of amides is 1. The number of morpholine rings is 1. The fraction of sp³-hybridized carbons (Fsp3) is 0.286. The Bertz CT molecular complexity index is 997. The number of nitrogens with one attached hydrogen (secondary N) is 1. The summed E-state index contributed by atoms with van der Waals surface area (Å²) >= 11 is 1.42. The summed E-state index contributed by atoms with van der Waals surface area (Å²) in [6.45, 7) is 5.09. The van der Waals surface area contributed by atoms with Crippen molar-refractivity contribution >= 4 is 28.7 Å². The number of hydrogen-bond acceptors (Lipinski definition) is 7. The number of ether oxygens (including phenoxy) is 2. The Morgan fingerprint density at radius 2 is 2.07 bits per heavy atom. The number of benzene rings is 1. The fourth-order valence-electron chi connectivity index (χ4n) is 3.11. The zero-order chi connectivity index (χ0) is 20.2. The molecule has 0 saturated carbocycles. The number of aromatic nitrogens is 2. The number of hydrogen-bond donors (Lipinski definition) is 1. The van der Waals surface area contributed by atoms with E-state index in [4.69, 9.17) is 9.47 Å². The summed E-state index contributed by atoms with van der Waals surface area (Å²) < 4.78 is 10.7. The van der Waals surface area contributed by atoms with Crippen molar-refractivity contribution in [1.29, 1.82) is 0 Å². The van der Waals surface area contributed by atoms with Gasteiger partial charge in [0.2, 0.25) is 0 Å². The van der Waals surface area contributed by atoms with E-state index < -0.39 is 0 Å². The number of nitrogens with zero attached hydrogens (tertiary/aromatic N) is 3. The lowest BCUT2D eigenvalue weighted by molar-refractivity contribution is 0.102. The molecule has 3 aromatic rings. The molecule has 1 amide bonds. The van der Waals surface area contributed by atoms with E-state index in [9.17, 15) is 4.79 Å². The first-order chi connectivity index (χ1) is 14.1. The summed E-state index contributed by atoms with van der Waals surface area (Å²) in [7, 11) is 1.58. The molecule has 0 atom stereocenters. The molecule has 4 rings (SSSR count). The molecule has 29 heavy (non-hydrogen) atoms. The molecule has 2 aromatic heterocycles. The first-order valence-corrected chi connectivity index (χ1v) is 10.2. The van der Waals surface area contributed by atoms with E-state index in [-0.39, 0.29) is 5.91 Å². The second-order valence-corrected chi connectivity index (χ2v) is 7.56. The molecule has 1 N–H and O–H groups in total. The summed E-state index contributed by atoms with van der Waals surface area (Å²) in [6, 6.07) is 9.61. The predicted molar refractivity (Wildman–Crippen MR) is 114 cm³/mol. The van der Waals surface area contributed by atoms with Crippen LogP contribution in [0.25, 0.3) is 10.6 Å². The maximum absolute atomic E-state index is 12.6. The highest BCUT2D eigenvalue weighted by Gasteiger charge is 2.16. The van der Waals surface area contributed by atoms with Crippen LogP contribution in [0, 0.1) is 6.92 Å². The van der Waals surface area contributed by atoms with Gasteiger partial charge in [-0.1, -0.05) is 6.07 Å². The van der Waals surface area contributed by atoms with Crippen LogP contribution in [0.1, 0.15) is 16.1 Å². The largest absolute Gasteiger partial charge is 0.495 e. The highest BCUT2D eigenvalue weighted by Crippen LogP contribution is 2.28. The molecule has 1 aromatic carbocycles. The van der Waals surface area contributed by atoms with Crippen molar-refractivity contribution in [3.05, 3.63) is 53.2 Å². The third kappa shape index (κ3) is 4.38. The standard InChI is InChI=1S/C21H22N4O3S/c1-14-3-5-18(27-2)16(11-14)23-20(26)17-13-29-21(24-17)15-4-6-19(22-12-15)25-7-9-28-10-8-25/h3-6,11-13H,7-10H2,1-2H3,(H,23,26). The first kappa shape index (κ1) is 19.4. The van der Waals surface area contributed by atoms with Gasteiger partial charge in [0, 0.05) is 30.2 Å². The van der Waals surface area contributed by atoms with E-state index in [0.29, 0.717) is 17.1 Å². The van der Waals surface area contributed by atoms with Crippen molar-refractivity contribution in [2.24, 2.45) is 0 Å². The van der Waals surface area contributed by atoms with Crippen molar-refractivity contribution in [2.75, 3.05) is 43.6 Å². The molecule has 0 bridgehead atoms. The van der Waals surface area contributed by atoms with Crippen LogP contribution < -0.4 is 15.0 Å². The van der Waals surface area contributed by atoms with Gasteiger partial charge in [-0.05, 0) is 36.8 Å². The number of methoxy groups -OCH3 is 1. The Kier molecular flexibility index (Phi) is 5.73. The second kappa shape index (κ2) is 8.59. The van der Waals surface area contributed by atoms with Gasteiger partial charge in [-0.2, -0.15) is 0 Å². The highest BCUT2D eigenvalue weighted by molar-refractivity contribution is 7.13. The number of thiazole rings is 1. The molecule has 8 heteroatoms. The minimum absolute atomic E-state index is 0.269. The molecule has 1 fully saturated rings. The van der Waals surface area contributed by atoms with E-state index in [1.54, 1.807) is 18.7 Å². The van der Waals surface area contributed by atoms with E-state index in [2.05, 4.69) is 20.2 Å². The monoisotopic (exact) mass is 410 g/mol. The summed E-state index contributed by atoms with van der Waals surface area (Å²) in [5.74, 6) is 1.27. The van der Waals surface area contributed by atoms with Crippen molar-refractivity contribution in [2.45, 2.75) is 6.92 Å². The van der Waals surface area contributed by atoms with Crippen LogP contribution in [0.2, 0.25) is 0 Å². The van der Waals surface area contributed by atoms with Crippen LogP contribution in [0.5, 0.6) is 5.75 Å². The highest BCUT2D eigenvalue weighted by atomic mass is 32.1. The first-order valence-electron chi connectivity index (χ1n) is 9.34. The van der Waals surface area contributed by atoms with E-state index in [0.717, 1.165) is 48.3 Å². The summed E-state index contributed by atoms with van der Waals surface area (Å²) in [5.41, 5.74) is 2.92. The zero-order valence-electron chi connectivity index (χ0n) is 16.3. The van der Waals surface area contributed by atoms with Crippen LogP contribution in [-0.4, -0.2) is 49.3 Å². The van der Waals surface area contributed by atoms with E-state index in [1.165, 1.54) is 11.3 Å². The van der Waals surface area contributed by atoms with Crippen LogP contribution in [-0.2, 0) is 4.74 Å². The smallest absolute Gasteiger partial charge is 0.275 e. The summed E-state index contributed by atoms with van der Waals surface area (Å²) in [6.07, 6.45) is 1.80. The van der Waals surface area contributed by atoms with Gasteiger partial charge in [0.05, 0.1) is 26.0 Å². The van der Waals surface area contributed by atoms with Gasteiger partial charge in [-0.25, -0.2) is 9.97 Å². The Morgan fingerprint density at radius 1 is 1.24 bits per heavy atom. The number of aryl methyl sites for hydroxylation is 1. The SMILES string of the molecule is COc1ccc(C)cc1NC(=O)c1csc(-c2ccc(N3CCOCC3)nc2)n1. The van der Waals surface area contributed by atoms with Gasteiger partial charge < -0.3 is 19.7 Å². The Hall–Kier alpha value is -2.97. The Balaban J connectivity index is 1.48. The lowest BCUT2D eigenvalue weighted by atomic mass is 10.2. The number of pyridine rings is 1. The molecule has 0 aliphatic carbocycles. The maximum Gasteiger partial charge on any atom is 0.275 e. The summed E-state index contributed by atoms with van der Waals surface area (Å²) in [5, 5.41) is 5.39. The minimum Gasteiger partial charge on any atom is -0.495 e. The quantitative estimate of drug-likeness (QED) is 0.692. The van der Waals surface area contributed by atoms with E-state index >= 15 is 0 Å². The Labute approximate surface area is 173 Å². The lowest BCUT2D eigenvalue weighted by Crippen LogP contribution is -2.36. The number of carbonyl (C=O) groups excluding carboxylic acids is 1. The van der Waals surface area contributed by atoms with Crippen LogP contribution in [0.15, 0.2) is 41.9 Å². The summed E-state index contributed by atoms with van der Waals surface area (Å²) in [4.78, 5) is 23.9.